The van der Waals surface area contributed by atoms with Gasteiger partial charge >= 0.3 is 0 Å². The van der Waals surface area contributed by atoms with Crippen molar-refractivity contribution in [2.75, 3.05) is 0 Å². The molecule has 1 aromatic carbocycles. The molecule has 3 aromatic rings. The van der Waals surface area contributed by atoms with Gasteiger partial charge in [0.25, 0.3) is 0 Å². The number of hydrogen-bond acceptors (Lipinski definition) is 2. The molecule has 77 valence electrons. The molecular formula is C13H10N3. The highest BCUT2D eigenvalue weighted by Crippen LogP contribution is 2.23. The predicted molar refractivity (Wildman–Crippen MR) is 62.8 cm³/mol. The van der Waals surface area contributed by atoms with Crippen molar-refractivity contribution in [3.05, 3.63) is 48.8 Å². The largest absolute Gasteiger partial charge is 0.326 e. The molecule has 0 saturated heterocycles. The van der Waals surface area contributed by atoms with Crippen LogP contribution in [0.25, 0.3) is 22.4 Å². The molecule has 0 aliphatic rings. The number of aromatic nitrogens is 3. The topological polar surface area (TPSA) is 30.7 Å². The Bertz CT molecular complexity index is 626. The van der Waals surface area contributed by atoms with Crippen molar-refractivity contribution in [1.29, 1.82) is 0 Å². The van der Waals surface area contributed by atoms with Gasteiger partial charge in [-0.15, -0.1) is 0 Å². The van der Waals surface area contributed by atoms with Crippen LogP contribution < -0.4 is 0 Å². The first kappa shape index (κ1) is 9.09. The molecule has 0 atom stereocenters. The molecule has 2 aromatic heterocycles. The molecule has 3 heteroatoms. The highest BCUT2D eigenvalue weighted by atomic mass is 15.0. The Morgan fingerprint density at radius 1 is 1.06 bits per heavy atom. The van der Waals surface area contributed by atoms with E-state index >= 15 is 0 Å². The average molecular weight is 208 g/mol. The molecule has 0 spiro atoms. The maximum Gasteiger partial charge on any atom is 0.159 e. The van der Waals surface area contributed by atoms with Crippen LogP contribution in [0.2, 0.25) is 0 Å². The van der Waals surface area contributed by atoms with Gasteiger partial charge in [0.15, 0.2) is 5.65 Å². The summed E-state index contributed by atoms with van der Waals surface area (Å²) >= 11 is 0. The van der Waals surface area contributed by atoms with Crippen molar-refractivity contribution < 1.29 is 0 Å². The molecule has 0 aliphatic heterocycles. The Balaban J connectivity index is 2.29. The van der Waals surface area contributed by atoms with Crippen LogP contribution >= 0.6 is 0 Å². The van der Waals surface area contributed by atoms with E-state index in [-0.39, 0.29) is 0 Å². The Morgan fingerprint density at radius 2 is 1.81 bits per heavy atom. The van der Waals surface area contributed by atoms with Gasteiger partial charge in [0.2, 0.25) is 0 Å². The second kappa shape index (κ2) is 3.45. The van der Waals surface area contributed by atoms with Crippen LogP contribution in [0.5, 0.6) is 0 Å². The van der Waals surface area contributed by atoms with Gasteiger partial charge in [0.1, 0.15) is 5.52 Å². The first-order valence-electron chi connectivity index (χ1n) is 5.10. The second-order valence-electron chi connectivity index (χ2n) is 3.63. The van der Waals surface area contributed by atoms with E-state index in [4.69, 9.17) is 0 Å². The van der Waals surface area contributed by atoms with E-state index in [2.05, 4.69) is 28.2 Å². The molecule has 2 heterocycles. The third-order valence-electron chi connectivity index (χ3n) is 2.62. The molecule has 3 rings (SSSR count). The van der Waals surface area contributed by atoms with Crippen LogP contribution in [0.3, 0.4) is 0 Å². The average Bonchev–Trinajstić information content (AvgIpc) is 2.69. The quantitative estimate of drug-likeness (QED) is 0.615. The molecule has 0 aliphatic carbocycles. The Hall–Kier alpha value is -2.16. The first-order chi connectivity index (χ1) is 7.86. The van der Waals surface area contributed by atoms with E-state index in [9.17, 15) is 0 Å². The van der Waals surface area contributed by atoms with Gasteiger partial charge in [-0.05, 0) is 5.56 Å². The van der Waals surface area contributed by atoms with E-state index in [0.29, 0.717) is 0 Å². The summed E-state index contributed by atoms with van der Waals surface area (Å²) < 4.78 is 2.01. The molecule has 0 N–H and O–H groups in total. The van der Waals surface area contributed by atoms with E-state index in [1.165, 1.54) is 0 Å². The monoisotopic (exact) mass is 208 g/mol. The summed E-state index contributed by atoms with van der Waals surface area (Å²) in [5, 5.41) is 0. The zero-order valence-electron chi connectivity index (χ0n) is 8.88. The van der Waals surface area contributed by atoms with Crippen LogP contribution in [-0.2, 0) is 7.05 Å². The van der Waals surface area contributed by atoms with Gasteiger partial charge in [0.05, 0.1) is 5.69 Å². The summed E-state index contributed by atoms with van der Waals surface area (Å²) in [5.74, 6) is 0. The lowest BCUT2D eigenvalue weighted by Crippen LogP contribution is -1.92. The summed E-state index contributed by atoms with van der Waals surface area (Å²) in [6.45, 7) is 0. The normalized spacial score (nSPS) is 10.8. The number of rotatable bonds is 1. The van der Waals surface area contributed by atoms with Gasteiger partial charge in [-0.3, -0.25) is 4.98 Å². The Kier molecular flexibility index (Phi) is 1.96. The molecule has 0 amide bonds. The molecule has 0 fully saturated rings. The summed E-state index contributed by atoms with van der Waals surface area (Å²) in [6.07, 6.45) is 3.39. The lowest BCUT2D eigenvalue weighted by molar-refractivity contribution is 0.954. The van der Waals surface area contributed by atoms with Crippen LogP contribution in [0.1, 0.15) is 0 Å². The maximum atomic E-state index is 4.30. The number of fused-ring (bicyclic) bond motifs is 1. The minimum atomic E-state index is 0.809. The fourth-order valence-corrected chi connectivity index (χ4v) is 1.83. The Labute approximate surface area is 93.4 Å². The minimum Gasteiger partial charge on any atom is -0.326 e. The van der Waals surface area contributed by atoms with Gasteiger partial charge in [-0.2, -0.15) is 0 Å². The molecular weight excluding hydrogens is 198 g/mol. The van der Waals surface area contributed by atoms with Crippen molar-refractivity contribution in [2.24, 2.45) is 7.05 Å². The highest BCUT2D eigenvalue weighted by molar-refractivity contribution is 5.79. The van der Waals surface area contributed by atoms with Crippen molar-refractivity contribution in [3.8, 4) is 11.3 Å². The fourth-order valence-electron chi connectivity index (χ4n) is 1.83. The van der Waals surface area contributed by atoms with Crippen molar-refractivity contribution >= 4 is 11.2 Å². The number of nitrogens with zero attached hydrogens (tertiary/aromatic N) is 3. The smallest absolute Gasteiger partial charge is 0.159 e. The van der Waals surface area contributed by atoms with Gasteiger partial charge < -0.3 is 4.57 Å². The van der Waals surface area contributed by atoms with Crippen molar-refractivity contribution in [1.82, 2.24) is 14.5 Å². The van der Waals surface area contributed by atoms with E-state index in [1.54, 1.807) is 12.4 Å². The van der Waals surface area contributed by atoms with Gasteiger partial charge in [-0.1, -0.05) is 30.3 Å². The number of hydrogen-bond donors (Lipinski definition) is 0. The molecule has 0 saturated carbocycles. The van der Waals surface area contributed by atoms with Crippen LogP contribution in [0.4, 0.5) is 0 Å². The fraction of sp³-hybridized carbons (Fsp3) is 0.0769. The minimum absolute atomic E-state index is 0.809. The van der Waals surface area contributed by atoms with E-state index < -0.39 is 0 Å². The predicted octanol–water partition coefficient (Wildman–Crippen LogP) is 2.44. The molecule has 0 unspecified atom stereocenters. The molecule has 16 heavy (non-hydrogen) atoms. The van der Waals surface area contributed by atoms with E-state index in [1.807, 2.05) is 29.8 Å². The molecule has 0 bridgehead atoms. The number of benzene rings is 1. The summed E-state index contributed by atoms with van der Waals surface area (Å²) in [7, 11) is 1.98. The summed E-state index contributed by atoms with van der Waals surface area (Å²) in [5.41, 5.74) is 3.82. The van der Waals surface area contributed by atoms with Crippen molar-refractivity contribution in [3.63, 3.8) is 0 Å². The third-order valence-corrected chi connectivity index (χ3v) is 2.62. The van der Waals surface area contributed by atoms with Gasteiger partial charge in [0, 0.05) is 25.5 Å². The van der Waals surface area contributed by atoms with Crippen LogP contribution in [0, 0.1) is 6.07 Å². The third kappa shape index (κ3) is 1.29. The SMILES string of the molecule is Cn1c(-c2ccccc2)[c]c2nccnc21. The Morgan fingerprint density at radius 3 is 2.56 bits per heavy atom. The lowest BCUT2D eigenvalue weighted by Gasteiger charge is -2.02. The number of aryl methyl sites for hydroxylation is 1. The standard InChI is InChI=1S/C13H10N3/c1-16-12(10-5-3-2-4-6-10)9-11-13(16)15-8-7-14-11/h2-8H,1H3. The maximum absolute atomic E-state index is 4.30. The van der Waals surface area contributed by atoms with Crippen molar-refractivity contribution in [2.45, 2.75) is 0 Å². The molecule has 3 nitrogen and oxygen atoms in total. The van der Waals surface area contributed by atoms with Crippen LogP contribution in [-0.4, -0.2) is 14.5 Å². The van der Waals surface area contributed by atoms with Gasteiger partial charge in [-0.25, -0.2) is 4.98 Å². The lowest BCUT2D eigenvalue weighted by atomic mass is 10.1. The second-order valence-corrected chi connectivity index (χ2v) is 3.63. The first-order valence-corrected chi connectivity index (χ1v) is 5.10. The zero-order valence-corrected chi connectivity index (χ0v) is 8.88. The van der Waals surface area contributed by atoms with E-state index in [0.717, 1.165) is 22.4 Å². The zero-order chi connectivity index (χ0) is 11.0. The highest BCUT2D eigenvalue weighted by Gasteiger charge is 2.08. The van der Waals surface area contributed by atoms with Crippen LogP contribution in [0.15, 0.2) is 42.7 Å². The summed E-state index contributed by atoms with van der Waals surface area (Å²) in [6, 6.07) is 13.4. The molecule has 1 radical (unpaired) electrons. The summed E-state index contributed by atoms with van der Waals surface area (Å²) in [4.78, 5) is 8.55.